The Bertz CT molecular complexity index is 152. The van der Waals surface area contributed by atoms with Gasteiger partial charge >= 0.3 is 6.18 Å². The van der Waals surface area contributed by atoms with E-state index >= 15 is 0 Å². The van der Waals surface area contributed by atoms with Crippen molar-refractivity contribution in [2.75, 3.05) is 7.05 Å². The maximum atomic E-state index is 11.7. The molecule has 1 unspecified atom stereocenters. The van der Waals surface area contributed by atoms with Crippen LogP contribution in [0.5, 0.6) is 0 Å². The lowest BCUT2D eigenvalue weighted by Gasteiger charge is -2.14. The van der Waals surface area contributed by atoms with Gasteiger partial charge < -0.3 is 0 Å². The largest absolute Gasteiger partial charge is 0.425 e. The van der Waals surface area contributed by atoms with Crippen LogP contribution in [0, 0.1) is 0 Å². The van der Waals surface area contributed by atoms with Gasteiger partial charge in [-0.05, 0) is 0 Å². The van der Waals surface area contributed by atoms with Gasteiger partial charge in [0.2, 0.25) is 6.17 Å². The molecule has 1 aliphatic rings. The van der Waals surface area contributed by atoms with Crippen molar-refractivity contribution < 1.29 is 13.2 Å². The van der Waals surface area contributed by atoms with E-state index in [0.29, 0.717) is 0 Å². The lowest BCUT2D eigenvalue weighted by molar-refractivity contribution is -0.157. The van der Waals surface area contributed by atoms with Crippen LogP contribution in [0.4, 0.5) is 13.2 Å². The van der Waals surface area contributed by atoms with E-state index < -0.39 is 12.3 Å². The molecule has 0 aromatic carbocycles. The van der Waals surface area contributed by atoms with Gasteiger partial charge in [-0.3, -0.25) is 5.01 Å². The zero-order valence-electron chi connectivity index (χ0n) is 5.18. The number of rotatable bonds is 0. The molecule has 10 heavy (non-hydrogen) atoms. The van der Waals surface area contributed by atoms with Crippen LogP contribution in [0.3, 0.4) is 0 Å². The highest BCUT2D eigenvalue weighted by Gasteiger charge is 2.41. The van der Waals surface area contributed by atoms with Crippen LogP contribution >= 0.6 is 0 Å². The molecule has 0 amide bonds. The van der Waals surface area contributed by atoms with Crippen LogP contribution < -0.4 is 5.43 Å². The minimum Gasteiger partial charge on any atom is -0.299 e. The minimum atomic E-state index is -4.29. The van der Waals surface area contributed by atoms with Crippen molar-refractivity contribution in [1.29, 1.82) is 0 Å². The van der Waals surface area contributed by atoms with E-state index in [0.717, 1.165) is 11.3 Å². The first-order valence-electron chi connectivity index (χ1n) is 2.59. The third-order valence-electron chi connectivity index (χ3n) is 1.02. The average molecular weight is 153 g/mol. The van der Waals surface area contributed by atoms with Crippen molar-refractivity contribution in [3.05, 3.63) is 0 Å². The summed E-state index contributed by atoms with van der Waals surface area (Å²) >= 11 is 0. The molecule has 1 N–H and O–H groups in total. The summed E-state index contributed by atoms with van der Waals surface area (Å²) in [4.78, 5) is 3.15. The van der Waals surface area contributed by atoms with Crippen LogP contribution in [0.1, 0.15) is 0 Å². The monoisotopic (exact) mass is 153 g/mol. The van der Waals surface area contributed by atoms with Crippen molar-refractivity contribution in [2.45, 2.75) is 12.3 Å². The third-order valence-corrected chi connectivity index (χ3v) is 1.02. The quantitative estimate of drug-likeness (QED) is 0.543. The second-order valence-electron chi connectivity index (χ2n) is 1.95. The summed E-state index contributed by atoms with van der Waals surface area (Å²) in [5.74, 6) is 0. The molecular formula is C4H6F3N3. The molecule has 1 atom stereocenters. The number of alkyl halides is 3. The van der Waals surface area contributed by atoms with Gasteiger partial charge in [-0.1, -0.05) is 0 Å². The highest BCUT2D eigenvalue weighted by atomic mass is 19.4. The van der Waals surface area contributed by atoms with Gasteiger partial charge in [0.1, 0.15) is 6.34 Å². The normalized spacial score (nSPS) is 26.0. The predicted octanol–water partition coefficient (Wildman–Crippen LogP) is 0.353. The molecule has 0 fully saturated rings. The Balaban J connectivity index is 2.55. The maximum Gasteiger partial charge on any atom is 0.425 e. The molecule has 0 spiro atoms. The summed E-state index contributed by atoms with van der Waals surface area (Å²) in [7, 11) is 1.45. The van der Waals surface area contributed by atoms with Gasteiger partial charge in [0.25, 0.3) is 0 Å². The van der Waals surface area contributed by atoms with Gasteiger partial charge in [-0.2, -0.15) is 13.2 Å². The maximum absolute atomic E-state index is 11.7. The first-order chi connectivity index (χ1) is 4.50. The molecule has 0 aromatic heterocycles. The molecule has 1 heterocycles. The molecule has 0 aliphatic carbocycles. The summed E-state index contributed by atoms with van der Waals surface area (Å²) in [6, 6.07) is 0. The summed E-state index contributed by atoms with van der Waals surface area (Å²) in [6.07, 6.45) is -4.96. The molecule has 6 heteroatoms. The Labute approximate surface area is 55.5 Å². The van der Waals surface area contributed by atoms with E-state index in [1.165, 1.54) is 7.05 Å². The Morgan fingerprint density at radius 1 is 1.60 bits per heavy atom. The van der Waals surface area contributed by atoms with E-state index in [-0.39, 0.29) is 0 Å². The number of halogens is 3. The van der Waals surface area contributed by atoms with E-state index in [9.17, 15) is 13.2 Å². The zero-order chi connectivity index (χ0) is 7.78. The number of hydrazine groups is 1. The number of nitrogens with one attached hydrogen (secondary N) is 1. The lowest BCUT2D eigenvalue weighted by Crippen LogP contribution is -2.42. The molecule has 58 valence electrons. The van der Waals surface area contributed by atoms with E-state index in [2.05, 4.69) is 10.4 Å². The first kappa shape index (κ1) is 7.33. The van der Waals surface area contributed by atoms with Gasteiger partial charge in [-0.25, -0.2) is 10.4 Å². The van der Waals surface area contributed by atoms with Gasteiger partial charge in [0.05, 0.1) is 0 Å². The minimum absolute atomic E-state index is 1.10. The standard InChI is InChI=1S/C4H6F3N3/c1-10-2-8-3(9-10)4(5,6)7/h2-3,9H,1H3. The molecule has 0 saturated heterocycles. The van der Waals surface area contributed by atoms with Crippen LogP contribution in [0.2, 0.25) is 0 Å². The number of hydrogen-bond donors (Lipinski definition) is 1. The Morgan fingerprint density at radius 3 is 2.40 bits per heavy atom. The summed E-state index contributed by atoms with van der Waals surface area (Å²) in [5.41, 5.74) is 2.08. The second kappa shape index (κ2) is 2.12. The van der Waals surface area contributed by atoms with Crippen molar-refractivity contribution in [3.63, 3.8) is 0 Å². The second-order valence-corrected chi connectivity index (χ2v) is 1.95. The average Bonchev–Trinajstić information content (AvgIpc) is 2.11. The van der Waals surface area contributed by atoms with Gasteiger partial charge in [0.15, 0.2) is 0 Å². The van der Waals surface area contributed by atoms with Crippen molar-refractivity contribution in [1.82, 2.24) is 10.4 Å². The van der Waals surface area contributed by atoms with E-state index in [1.807, 2.05) is 0 Å². The van der Waals surface area contributed by atoms with Crippen molar-refractivity contribution in [3.8, 4) is 0 Å². The van der Waals surface area contributed by atoms with Crippen LogP contribution in [0.15, 0.2) is 4.99 Å². The summed E-state index contributed by atoms with van der Waals surface area (Å²) in [5, 5.41) is 1.16. The Hall–Kier alpha value is -0.780. The van der Waals surface area contributed by atoms with Crippen molar-refractivity contribution >= 4 is 6.34 Å². The Morgan fingerprint density at radius 2 is 2.20 bits per heavy atom. The molecule has 1 aliphatic heterocycles. The predicted molar refractivity (Wildman–Crippen MR) is 29.2 cm³/mol. The number of nitrogens with zero attached hydrogens (tertiary/aromatic N) is 2. The summed E-state index contributed by atoms with van der Waals surface area (Å²) in [6.45, 7) is 0. The van der Waals surface area contributed by atoms with Gasteiger partial charge in [-0.15, -0.1) is 0 Å². The zero-order valence-corrected chi connectivity index (χ0v) is 5.18. The van der Waals surface area contributed by atoms with E-state index in [1.54, 1.807) is 0 Å². The summed E-state index contributed by atoms with van der Waals surface area (Å²) < 4.78 is 35.2. The Kier molecular flexibility index (Phi) is 1.55. The molecule has 0 aromatic rings. The number of aliphatic imine (C=N–C) groups is 1. The lowest BCUT2D eigenvalue weighted by atomic mass is 10.5. The van der Waals surface area contributed by atoms with Crippen LogP contribution in [0.25, 0.3) is 0 Å². The smallest absolute Gasteiger partial charge is 0.299 e. The molecule has 0 saturated carbocycles. The molecule has 0 radical (unpaired) electrons. The van der Waals surface area contributed by atoms with Gasteiger partial charge in [0, 0.05) is 7.05 Å². The molecular weight excluding hydrogens is 147 g/mol. The number of hydrogen-bond acceptors (Lipinski definition) is 3. The highest BCUT2D eigenvalue weighted by Crippen LogP contribution is 2.22. The van der Waals surface area contributed by atoms with E-state index in [4.69, 9.17) is 0 Å². The fraction of sp³-hybridized carbons (Fsp3) is 0.750. The van der Waals surface area contributed by atoms with Crippen molar-refractivity contribution in [2.24, 2.45) is 4.99 Å². The fourth-order valence-corrected chi connectivity index (χ4v) is 0.584. The third kappa shape index (κ3) is 1.38. The SMILES string of the molecule is CN1C=NC(C(F)(F)F)N1. The van der Waals surface area contributed by atoms with Crippen LogP contribution in [-0.2, 0) is 0 Å². The van der Waals surface area contributed by atoms with Crippen LogP contribution in [-0.4, -0.2) is 30.7 Å². The molecule has 0 bridgehead atoms. The molecule has 1 rings (SSSR count). The topological polar surface area (TPSA) is 27.6 Å². The fourth-order valence-electron chi connectivity index (χ4n) is 0.584. The first-order valence-corrected chi connectivity index (χ1v) is 2.59. The highest BCUT2D eigenvalue weighted by molar-refractivity contribution is 5.56. The molecule has 3 nitrogen and oxygen atoms in total.